The molecule has 0 bridgehead atoms. The fraction of sp³-hybridized carbons (Fsp3) is 0.174. The first kappa shape index (κ1) is 38.1. The fourth-order valence-electron chi connectivity index (χ4n) is 6.78. The van der Waals surface area contributed by atoms with E-state index in [1.54, 1.807) is 6.20 Å². The largest absolute Gasteiger partial charge is 0.459 e. The summed E-state index contributed by atoms with van der Waals surface area (Å²) in [5, 5.41) is 10.3. The van der Waals surface area contributed by atoms with Crippen molar-refractivity contribution < 1.29 is 28.7 Å². The van der Waals surface area contributed by atoms with Gasteiger partial charge < -0.3 is 35.4 Å². The van der Waals surface area contributed by atoms with Crippen LogP contribution in [0.2, 0.25) is 0 Å². The minimum Gasteiger partial charge on any atom is -0.459 e. The molecule has 7 aromatic rings. The predicted octanol–water partition coefficient (Wildman–Crippen LogP) is 6.69. The fourth-order valence-corrected chi connectivity index (χ4v) is 6.78. The molecule has 7 rings (SSSR count). The summed E-state index contributed by atoms with van der Waals surface area (Å²) in [6.45, 7) is 0.0266. The maximum Gasteiger partial charge on any atom is 0.408 e. The van der Waals surface area contributed by atoms with Gasteiger partial charge in [-0.1, -0.05) is 127 Å². The van der Waals surface area contributed by atoms with E-state index in [4.69, 9.17) is 9.47 Å². The Morgan fingerprint density at radius 2 is 0.877 bits per heavy atom. The molecule has 0 unspecified atom stereocenters. The molecule has 3 amide bonds. The molecule has 0 aliphatic rings. The molecule has 2 aromatic heterocycles. The first-order valence-corrected chi connectivity index (χ1v) is 18.8. The number of fused-ring (bicyclic) bond motifs is 2. The number of nitrogens with one attached hydrogen (secondary N) is 5. The van der Waals surface area contributed by atoms with E-state index in [1.165, 1.54) is 0 Å². The summed E-state index contributed by atoms with van der Waals surface area (Å²) in [4.78, 5) is 62.2. The van der Waals surface area contributed by atoms with Gasteiger partial charge in [-0.2, -0.15) is 0 Å². The monoisotopic (exact) mass is 761 g/mol. The van der Waals surface area contributed by atoms with Crippen molar-refractivity contribution in [1.82, 2.24) is 25.9 Å². The zero-order valence-electron chi connectivity index (χ0n) is 31.2. The Balaban J connectivity index is 1.15. The summed E-state index contributed by atoms with van der Waals surface area (Å²) < 4.78 is 11.2. The van der Waals surface area contributed by atoms with Crippen LogP contribution in [0, 0.1) is 0 Å². The predicted molar refractivity (Wildman–Crippen MR) is 218 cm³/mol. The second-order valence-electron chi connectivity index (χ2n) is 13.8. The molecule has 0 radical (unpaired) electrons. The molecule has 0 spiro atoms. The van der Waals surface area contributed by atoms with Gasteiger partial charge in [-0.15, -0.1) is 0 Å². The van der Waals surface area contributed by atoms with Gasteiger partial charge in [-0.3, -0.25) is 9.59 Å². The van der Waals surface area contributed by atoms with Crippen LogP contribution in [-0.4, -0.2) is 52.0 Å². The number of carbonyl (C=O) groups excluding carboxylic acids is 4. The van der Waals surface area contributed by atoms with Gasteiger partial charge in [-0.05, 0) is 39.9 Å². The average molecular weight is 762 g/mol. The van der Waals surface area contributed by atoms with Gasteiger partial charge in [0.05, 0.1) is 0 Å². The molecule has 2 heterocycles. The minimum atomic E-state index is -1.16. The zero-order valence-corrected chi connectivity index (χ0v) is 31.2. The third kappa shape index (κ3) is 10.1. The molecular formula is C46H43N5O6. The highest BCUT2D eigenvalue weighted by Crippen LogP contribution is 2.22. The van der Waals surface area contributed by atoms with E-state index < -0.39 is 42.0 Å². The molecule has 0 saturated heterocycles. The molecular weight excluding hydrogens is 719 g/mol. The number of aromatic nitrogens is 2. The van der Waals surface area contributed by atoms with Gasteiger partial charge in [-0.25, -0.2) is 9.59 Å². The Kier molecular flexibility index (Phi) is 12.4. The van der Waals surface area contributed by atoms with E-state index in [1.807, 2.05) is 146 Å². The maximum absolute atomic E-state index is 14.5. The third-order valence-corrected chi connectivity index (χ3v) is 9.76. The van der Waals surface area contributed by atoms with Crippen LogP contribution in [0.1, 0.15) is 27.8 Å². The molecule has 11 heteroatoms. The number of alkyl carbamates (subject to hydrolysis) is 1. The van der Waals surface area contributed by atoms with E-state index >= 15 is 0 Å². The normalized spacial score (nSPS) is 12.6. The Bertz CT molecular complexity index is 2430. The molecule has 0 aliphatic carbocycles. The molecule has 0 aliphatic heterocycles. The second kappa shape index (κ2) is 18.5. The molecule has 0 saturated carbocycles. The van der Waals surface area contributed by atoms with E-state index in [2.05, 4.69) is 25.9 Å². The lowest BCUT2D eigenvalue weighted by Gasteiger charge is -2.25. The van der Waals surface area contributed by atoms with Crippen LogP contribution in [0.3, 0.4) is 0 Å². The number of esters is 1. The Labute approximate surface area is 329 Å². The van der Waals surface area contributed by atoms with Gasteiger partial charge in [0, 0.05) is 53.5 Å². The van der Waals surface area contributed by atoms with E-state index in [0.29, 0.717) is 0 Å². The Morgan fingerprint density at radius 1 is 0.456 bits per heavy atom. The number of para-hydroxylation sites is 2. The number of hydrogen-bond acceptors (Lipinski definition) is 6. The second-order valence-corrected chi connectivity index (χ2v) is 13.8. The van der Waals surface area contributed by atoms with Crippen molar-refractivity contribution >= 4 is 45.7 Å². The molecule has 5 aromatic carbocycles. The van der Waals surface area contributed by atoms with E-state index in [9.17, 15) is 19.2 Å². The Hall–Kier alpha value is -7.14. The number of hydrogen-bond donors (Lipinski definition) is 5. The summed E-state index contributed by atoms with van der Waals surface area (Å²) in [7, 11) is 0. The van der Waals surface area contributed by atoms with Crippen LogP contribution < -0.4 is 16.0 Å². The molecule has 3 atom stereocenters. The smallest absolute Gasteiger partial charge is 0.408 e. The van der Waals surface area contributed by atoms with Crippen LogP contribution in [0.5, 0.6) is 0 Å². The molecule has 288 valence electrons. The lowest BCUT2D eigenvalue weighted by Crippen LogP contribution is -2.57. The molecule has 5 N–H and O–H groups in total. The lowest BCUT2D eigenvalue weighted by atomic mass is 10.0. The summed E-state index contributed by atoms with van der Waals surface area (Å²) in [6, 6.07) is 39.7. The van der Waals surface area contributed by atoms with Gasteiger partial charge in [0.2, 0.25) is 11.8 Å². The number of ether oxygens (including phenoxy) is 2. The summed E-state index contributed by atoms with van der Waals surface area (Å²) in [5.41, 5.74) is 5.72. The van der Waals surface area contributed by atoms with Gasteiger partial charge in [0.15, 0.2) is 0 Å². The van der Waals surface area contributed by atoms with E-state index in [0.717, 1.165) is 49.6 Å². The van der Waals surface area contributed by atoms with Crippen LogP contribution in [0.25, 0.3) is 21.8 Å². The highest BCUT2D eigenvalue weighted by atomic mass is 16.5. The van der Waals surface area contributed by atoms with Crippen LogP contribution in [0.4, 0.5) is 4.79 Å². The van der Waals surface area contributed by atoms with Gasteiger partial charge in [0.1, 0.15) is 31.3 Å². The number of amides is 3. The number of benzene rings is 5. The van der Waals surface area contributed by atoms with Crippen molar-refractivity contribution in [2.45, 2.75) is 50.6 Å². The topological polar surface area (TPSA) is 154 Å². The van der Waals surface area contributed by atoms with Crippen molar-refractivity contribution in [1.29, 1.82) is 0 Å². The number of aromatic amines is 2. The quantitative estimate of drug-likeness (QED) is 0.0693. The standard InChI is InChI=1S/C46H43N5O6/c52-43(40(24-31-14-4-1-5-15-31)51-46(55)57-30-33-18-8-3-9-19-33)49-41(25-34-27-47-38-22-12-10-20-36(34)38)44(53)50-42(45(54)56-29-32-16-6-2-7-17-32)26-35-28-48-39-23-13-11-21-37(35)39/h1-23,27-28,40-42,47-48H,24-26,29-30H2,(H,49,52)(H,50,53)(H,51,55)/t40-,41+,42+/m0/s1. The lowest BCUT2D eigenvalue weighted by molar-refractivity contribution is -0.149. The molecule has 57 heavy (non-hydrogen) atoms. The van der Waals surface area contributed by atoms with Crippen molar-refractivity contribution in [3.8, 4) is 0 Å². The summed E-state index contributed by atoms with van der Waals surface area (Å²) in [5.74, 6) is -1.82. The minimum absolute atomic E-state index is 0.0101. The first-order valence-electron chi connectivity index (χ1n) is 18.8. The highest BCUT2D eigenvalue weighted by molar-refractivity contribution is 5.94. The van der Waals surface area contributed by atoms with Crippen LogP contribution in [-0.2, 0) is 56.3 Å². The van der Waals surface area contributed by atoms with Crippen LogP contribution >= 0.6 is 0 Å². The molecule has 0 fully saturated rings. The highest BCUT2D eigenvalue weighted by Gasteiger charge is 2.32. The maximum atomic E-state index is 14.5. The van der Waals surface area contributed by atoms with Gasteiger partial charge >= 0.3 is 12.1 Å². The average Bonchev–Trinajstić information content (AvgIpc) is 3.86. The van der Waals surface area contributed by atoms with Gasteiger partial charge in [0.25, 0.3) is 0 Å². The van der Waals surface area contributed by atoms with Crippen molar-refractivity contribution in [2.24, 2.45) is 0 Å². The van der Waals surface area contributed by atoms with Crippen molar-refractivity contribution in [3.05, 3.63) is 180 Å². The summed E-state index contributed by atoms with van der Waals surface area (Å²) >= 11 is 0. The Morgan fingerprint density at radius 3 is 1.42 bits per heavy atom. The number of H-pyrrole nitrogens is 2. The van der Waals surface area contributed by atoms with Crippen molar-refractivity contribution in [3.63, 3.8) is 0 Å². The van der Waals surface area contributed by atoms with Crippen LogP contribution in [0.15, 0.2) is 152 Å². The summed E-state index contributed by atoms with van der Waals surface area (Å²) in [6.07, 6.45) is 3.17. The van der Waals surface area contributed by atoms with Crippen molar-refractivity contribution in [2.75, 3.05) is 0 Å². The van der Waals surface area contributed by atoms with E-state index in [-0.39, 0.29) is 32.5 Å². The first-order chi connectivity index (χ1) is 27.9. The molecule has 11 nitrogen and oxygen atoms in total. The number of rotatable bonds is 16. The third-order valence-electron chi connectivity index (χ3n) is 9.76. The zero-order chi connectivity index (χ0) is 39.4. The number of carbonyl (C=O) groups is 4. The SMILES string of the molecule is O=C(N[C@@H](Cc1ccccc1)C(=O)N[C@H](Cc1c[nH]c2ccccc12)C(=O)N[C@H](Cc1c[nH]c2ccccc12)C(=O)OCc1ccccc1)OCc1ccccc1.